The summed E-state index contributed by atoms with van der Waals surface area (Å²) in [6.07, 6.45) is 1.78. The highest BCUT2D eigenvalue weighted by molar-refractivity contribution is 5.69. The molecule has 4 heteroatoms. The van der Waals surface area contributed by atoms with Crippen LogP contribution in [0, 0.1) is 5.82 Å². The summed E-state index contributed by atoms with van der Waals surface area (Å²) in [5.74, 6) is 2.23. The highest BCUT2D eigenvalue weighted by atomic mass is 19.1. The molecule has 3 nitrogen and oxygen atoms in total. The van der Waals surface area contributed by atoms with Crippen molar-refractivity contribution in [3.63, 3.8) is 0 Å². The number of halogens is 1. The Labute approximate surface area is 222 Å². The van der Waals surface area contributed by atoms with Gasteiger partial charge < -0.3 is 9.47 Å². The molecule has 0 aliphatic carbocycles. The zero-order valence-corrected chi connectivity index (χ0v) is 21.6. The highest BCUT2D eigenvalue weighted by Crippen LogP contribution is 2.55. The zero-order chi connectivity index (χ0) is 26.3. The molecule has 0 bridgehead atoms. The fourth-order valence-corrected chi connectivity index (χ4v) is 5.34. The number of para-hydroxylation sites is 1. The van der Waals surface area contributed by atoms with Crippen LogP contribution < -0.4 is 9.47 Å². The summed E-state index contributed by atoms with van der Waals surface area (Å²) in [5.41, 5.74) is 3.92. The molecule has 1 atom stereocenters. The van der Waals surface area contributed by atoms with E-state index in [4.69, 9.17) is 9.47 Å². The van der Waals surface area contributed by atoms with Gasteiger partial charge in [-0.2, -0.15) is 0 Å². The molecule has 4 aromatic carbocycles. The highest BCUT2D eigenvalue weighted by Gasteiger charge is 2.45. The van der Waals surface area contributed by atoms with Gasteiger partial charge in [-0.05, 0) is 64.6 Å². The number of nitrogens with zero attached hydrogens (tertiary/aromatic N) is 1. The summed E-state index contributed by atoms with van der Waals surface area (Å²) in [6, 6.07) is 34.8. The van der Waals surface area contributed by atoms with Crippen LogP contribution in [0.4, 0.5) is 4.39 Å². The summed E-state index contributed by atoms with van der Waals surface area (Å²) in [6.45, 7) is 6.49. The second kappa shape index (κ2) is 9.14. The molecule has 0 spiro atoms. The fourth-order valence-electron chi connectivity index (χ4n) is 5.34. The van der Waals surface area contributed by atoms with E-state index in [9.17, 15) is 4.39 Å². The second-order valence-corrected chi connectivity index (χ2v) is 10.6. The van der Waals surface area contributed by atoms with Crippen LogP contribution in [0.25, 0.3) is 0 Å². The van der Waals surface area contributed by atoms with Crippen LogP contribution in [0.2, 0.25) is 0 Å². The topological polar surface area (TPSA) is 31.4 Å². The lowest BCUT2D eigenvalue weighted by atomic mass is 9.63. The molecule has 188 valence electrons. The van der Waals surface area contributed by atoms with Crippen LogP contribution in [0.1, 0.15) is 48.6 Å². The van der Waals surface area contributed by atoms with Gasteiger partial charge in [0.05, 0.1) is 5.41 Å². The molecule has 2 heterocycles. The van der Waals surface area contributed by atoms with Gasteiger partial charge in [0, 0.05) is 23.4 Å². The van der Waals surface area contributed by atoms with E-state index in [1.165, 1.54) is 6.07 Å². The molecule has 1 aliphatic heterocycles. The summed E-state index contributed by atoms with van der Waals surface area (Å²) < 4.78 is 27.5. The summed E-state index contributed by atoms with van der Waals surface area (Å²) in [4.78, 5) is 4.46. The molecule has 0 radical (unpaired) electrons. The van der Waals surface area contributed by atoms with E-state index < -0.39 is 5.41 Å². The molecule has 0 fully saturated rings. The van der Waals surface area contributed by atoms with Crippen molar-refractivity contribution in [3.8, 4) is 23.1 Å². The summed E-state index contributed by atoms with van der Waals surface area (Å²) in [5, 5.41) is 0. The van der Waals surface area contributed by atoms with Crippen LogP contribution in [-0.2, 0) is 10.8 Å². The average molecular weight is 502 g/mol. The first-order valence-electron chi connectivity index (χ1n) is 12.7. The Bertz CT molecular complexity index is 1620. The van der Waals surface area contributed by atoms with Crippen LogP contribution in [0.5, 0.6) is 23.1 Å². The Morgan fingerprint density at radius 3 is 2.26 bits per heavy atom. The molecule has 0 amide bonds. The smallest absolute Gasteiger partial charge is 0.219 e. The average Bonchev–Trinajstić information content (AvgIpc) is 2.92. The van der Waals surface area contributed by atoms with E-state index in [0.29, 0.717) is 17.4 Å². The third kappa shape index (κ3) is 4.03. The van der Waals surface area contributed by atoms with Gasteiger partial charge in [-0.3, -0.25) is 0 Å². The van der Waals surface area contributed by atoms with Crippen LogP contribution >= 0.6 is 0 Å². The van der Waals surface area contributed by atoms with Gasteiger partial charge in [0.2, 0.25) is 5.88 Å². The van der Waals surface area contributed by atoms with Crippen molar-refractivity contribution in [1.82, 2.24) is 4.98 Å². The number of hydrogen-bond donors (Lipinski definition) is 0. The van der Waals surface area contributed by atoms with Gasteiger partial charge >= 0.3 is 0 Å². The number of pyridine rings is 1. The Morgan fingerprint density at radius 2 is 1.45 bits per heavy atom. The molecule has 6 rings (SSSR count). The second-order valence-electron chi connectivity index (χ2n) is 10.6. The normalized spacial score (nSPS) is 16.2. The number of benzene rings is 4. The molecule has 0 saturated heterocycles. The maximum absolute atomic E-state index is 14.9. The lowest BCUT2D eigenvalue weighted by Gasteiger charge is -2.41. The molecular weight excluding hydrogens is 473 g/mol. The molecule has 1 aromatic heterocycles. The summed E-state index contributed by atoms with van der Waals surface area (Å²) >= 11 is 0. The van der Waals surface area contributed by atoms with E-state index in [1.807, 2.05) is 66.7 Å². The van der Waals surface area contributed by atoms with Gasteiger partial charge in [0.25, 0.3) is 0 Å². The molecular formula is C34H28FNO2. The van der Waals surface area contributed by atoms with Gasteiger partial charge in [0.1, 0.15) is 23.1 Å². The standard InChI is InChI=1S/C34H28FNO2/c1-33(2,3)24-18-19-36-32(21-24)37-27-13-9-12-25(20-27)34(23-10-5-4-6-11-23)28-14-7-8-15-30(28)38-31-17-16-26(35)22-29(31)34/h4-22H,1-3H3. The number of ether oxygens (including phenoxy) is 2. The van der Waals surface area contributed by atoms with E-state index >= 15 is 0 Å². The molecule has 5 aromatic rings. The monoisotopic (exact) mass is 501 g/mol. The van der Waals surface area contributed by atoms with Gasteiger partial charge in [-0.25, -0.2) is 9.37 Å². The van der Waals surface area contributed by atoms with Crippen LogP contribution in [0.3, 0.4) is 0 Å². The number of hydrogen-bond acceptors (Lipinski definition) is 3. The van der Waals surface area contributed by atoms with Crippen molar-refractivity contribution in [2.75, 3.05) is 0 Å². The van der Waals surface area contributed by atoms with E-state index in [1.54, 1.807) is 18.3 Å². The van der Waals surface area contributed by atoms with Crippen molar-refractivity contribution in [2.45, 2.75) is 31.6 Å². The molecule has 1 unspecified atom stereocenters. The van der Waals surface area contributed by atoms with Crippen LogP contribution in [-0.4, -0.2) is 4.98 Å². The number of aromatic nitrogens is 1. The molecule has 38 heavy (non-hydrogen) atoms. The maximum atomic E-state index is 14.9. The minimum Gasteiger partial charge on any atom is -0.457 e. The Hall–Kier alpha value is -4.44. The first-order valence-corrected chi connectivity index (χ1v) is 12.7. The van der Waals surface area contributed by atoms with Crippen LogP contribution in [0.15, 0.2) is 115 Å². The number of rotatable bonds is 4. The largest absolute Gasteiger partial charge is 0.457 e. The molecule has 0 N–H and O–H groups in total. The van der Waals surface area contributed by atoms with E-state index in [-0.39, 0.29) is 11.2 Å². The van der Waals surface area contributed by atoms with Gasteiger partial charge in [0.15, 0.2) is 0 Å². The lowest BCUT2D eigenvalue weighted by molar-refractivity contribution is 0.429. The predicted octanol–water partition coefficient (Wildman–Crippen LogP) is 8.80. The summed E-state index contributed by atoms with van der Waals surface area (Å²) in [7, 11) is 0. The van der Waals surface area contributed by atoms with Crippen molar-refractivity contribution in [3.05, 3.63) is 149 Å². The van der Waals surface area contributed by atoms with E-state index in [0.717, 1.165) is 33.6 Å². The predicted molar refractivity (Wildman–Crippen MR) is 148 cm³/mol. The Balaban J connectivity index is 1.58. The minimum atomic E-state index is -0.826. The van der Waals surface area contributed by atoms with Crippen molar-refractivity contribution < 1.29 is 13.9 Å². The van der Waals surface area contributed by atoms with Crippen molar-refractivity contribution in [1.29, 1.82) is 0 Å². The maximum Gasteiger partial charge on any atom is 0.219 e. The van der Waals surface area contributed by atoms with E-state index in [2.05, 4.69) is 50.0 Å². The van der Waals surface area contributed by atoms with Gasteiger partial charge in [-0.1, -0.05) is 81.4 Å². The Kier molecular flexibility index (Phi) is 5.76. The quantitative estimate of drug-likeness (QED) is 0.242. The number of fused-ring (bicyclic) bond motifs is 2. The molecule has 1 aliphatic rings. The SMILES string of the molecule is CC(C)(C)c1ccnc(Oc2cccc(C3(c4ccccc4)c4ccccc4Oc4ccc(F)cc43)c2)c1. The minimum absolute atomic E-state index is 0.0279. The van der Waals surface area contributed by atoms with Gasteiger partial charge in [-0.15, -0.1) is 0 Å². The van der Waals surface area contributed by atoms with Crippen molar-refractivity contribution in [2.24, 2.45) is 0 Å². The van der Waals surface area contributed by atoms with Crippen molar-refractivity contribution >= 4 is 0 Å². The molecule has 0 saturated carbocycles. The Morgan fingerprint density at radius 1 is 0.711 bits per heavy atom. The lowest BCUT2D eigenvalue weighted by Crippen LogP contribution is -2.34. The fraction of sp³-hybridized carbons (Fsp3) is 0.147. The first kappa shape index (κ1) is 23.9. The zero-order valence-electron chi connectivity index (χ0n) is 21.6. The third-order valence-corrected chi connectivity index (χ3v) is 7.15. The first-order chi connectivity index (χ1) is 18.4. The third-order valence-electron chi connectivity index (χ3n) is 7.15.